The van der Waals surface area contributed by atoms with E-state index in [0.717, 1.165) is 49.7 Å². The van der Waals surface area contributed by atoms with Crippen LogP contribution in [0, 0.1) is 35.5 Å². The van der Waals surface area contributed by atoms with Gasteiger partial charge in [-0.1, -0.05) is 60.7 Å². The highest BCUT2D eigenvalue weighted by atomic mass is 16.5. The molecule has 8 aliphatic carbocycles. The van der Waals surface area contributed by atoms with Gasteiger partial charge in [-0.25, -0.2) is 38.4 Å². The lowest BCUT2D eigenvalue weighted by molar-refractivity contribution is -0.173. The predicted octanol–water partition coefficient (Wildman–Crippen LogP) is 10.6. The molecule has 0 aromatic heterocycles. The van der Waals surface area contributed by atoms with E-state index in [0.29, 0.717) is 24.7 Å². The first-order valence-electron chi connectivity index (χ1n) is 27.4. The fourth-order valence-electron chi connectivity index (χ4n) is 15.4. The van der Waals surface area contributed by atoms with Gasteiger partial charge in [0.25, 0.3) is 0 Å². The molecule has 0 heterocycles. The molecule has 0 saturated heterocycles. The van der Waals surface area contributed by atoms with Crippen molar-refractivity contribution in [3.63, 3.8) is 0 Å². The number of carboxylic acid groups (broad SMARTS) is 8. The maximum atomic E-state index is 11.9. The zero-order valence-electron chi connectivity index (χ0n) is 44.6. The summed E-state index contributed by atoms with van der Waals surface area (Å²) in [6.45, 7) is 0. The fourth-order valence-corrected chi connectivity index (χ4v) is 15.4. The fraction of sp³-hybridized carbons (Fsp3) is 0.312. The maximum absolute atomic E-state index is 11.9. The minimum Gasteiger partial charge on any atom is -0.490 e. The van der Waals surface area contributed by atoms with Crippen LogP contribution in [0.2, 0.25) is 0 Å². The Bertz CT molecular complexity index is 3430. The Labute approximate surface area is 478 Å². The van der Waals surface area contributed by atoms with Crippen LogP contribution in [0.3, 0.4) is 0 Å². The summed E-state index contributed by atoms with van der Waals surface area (Å²) < 4.78 is 26.5. The first kappa shape index (κ1) is 56.2. The van der Waals surface area contributed by atoms with Gasteiger partial charge in [0.1, 0.15) is 46.4 Å². The molecule has 432 valence electrons. The highest BCUT2D eigenvalue weighted by molar-refractivity contribution is 6.04. The van der Waals surface area contributed by atoms with E-state index in [1.165, 1.54) is 72.8 Å². The van der Waals surface area contributed by atoms with Crippen LogP contribution >= 0.6 is 0 Å². The molecule has 12 atom stereocenters. The van der Waals surface area contributed by atoms with Crippen LogP contribution in [0.25, 0.3) is 0 Å². The summed E-state index contributed by atoms with van der Waals surface area (Å²) >= 11 is 0. The molecule has 6 aromatic carbocycles. The van der Waals surface area contributed by atoms with Crippen molar-refractivity contribution in [3.8, 4) is 23.0 Å². The second kappa shape index (κ2) is 21.9. The van der Waals surface area contributed by atoms with Crippen molar-refractivity contribution in [1.82, 2.24) is 0 Å². The molecule has 14 rings (SSSR count). The van der Waals surface area contributed by atoms with E-state index in [1.54, 1.807) is 0 Å². The number of hydrogen-bond acceptors (Lipinski definition) is 12. The van der Waals surface area contributed by atoms with Gasteiger partial charge in [0, 0.05) is 35.5 Å². The minimum atomic E-state index is -1.36. The Morgan fingerprint density at radius 1 is 0.333 bits per heavy atom. The number of carboxylic acids is 8. The first-order valence-corrected chi connectivity index (χ1v) is 27.4. The normalized spacial score (nSPS) is 27.3. The van der Waals surface area contributed by atoms with Gasteiger partial charge in [-0.3, -0.25) is 0 Å². The molecular weight excluding hydrogens is 1090 g/mol. The summed E-state index contributed by atoms with van der Waals surface area (Å²) in [6, 6.07) is 35.8. The molecule has 8 fully saturated rings. The van der Waals surface area contributed by atoms with Gasteiger partial charge in [-0.15, -0.1) is 0 Å². The Balaban J connectivity index is 0.000000175. The van der Waals surface area contributed by atoms with E-state index < -0.39 is 59.0 Å². The topological polar surface area (TPSA) is 335 Å². The first-order chi connectivity index (χ1) is 40.1. The molecule has 0 aliphatic heterocycles. The summed E-state index contributed by atoms with van der Waals surface area (Å²) in [7, 11) is 0. The SMILES string of the molecule is O=C(O)c1ccc(OC2C3CC4CC2C(c2ccccc2)C(Oc2ccc(C(=O)O)c(C(=O)O)c2)(C4)C3)cc1C(=O)O.O=C(O)c1ccc(OC2C3CC4CC2C(c2ccccc2)C(Oc2ccc(C(=O)O)c(C(=O)O)c2)(C4)C3)cc1C(=O)O. The number of hydrogen-bond donors (Lipinski definition) is 8. The monoisotopic (exact) mass is 1140 g/mol. The average Bonchev–Trinajstić information content (AvgIpc) is 0.852. The van der Waals surface area contributed by atoms with Crippen molar-refractivity contribution in [3.05, 3.63) is 189 Å². The smallest absolute Gasteiger partial charge is 0.336 e. The summed E-state index contributed by atoms with van der Waals surface area (Å²) in [5, 5.41) is 76.3. The quantitative estimate of drug-likeness (QED) is 0.0396. The summed E-state index contributed by atoms with van der Waals surface area (Å²) in [4.78, 5) is 93.6. The Morgan fingerprint density at radius 2 is 0.619 bits per heavy atom. The third-order valence-electron chi connectivity index (χ3n) is 18.0. The van der Waals surface area contributed by atoms with E-state index >= 15 is 0 Å². The van der Waals surface area contributed by atoms with Crippen molar-refractivity contribution in [2.24, 2.45) is 35.5 Å². The Hall–Kier alpha value is -9.72. The van der Waals surface area contributed by atoms with Gasteiger partial charge in [0.15, 0.2) is 0 Å². The molecule has 8 bridgehead atoms. The van der Waals surface area contributed by atoms with Crippen LogP contribution in [0.4, 0.5) is 0 Å². The second-order valence-corrected chi connectivity index (χ2v) is 22.9. The lowest BCUT2D eigenvalue weighted by Crippen LogP contribution is -2.65. The molecule has 20 nitrogen and oxygen atoms in total. The number of carbonyl (C=O) groups is 8. The Morgan fingerprint density at radius 3 is 0.917 bits per heavy atom. The molecule has 6 aromatic rings. The van der Waals surface area contributed by atoms with Gasteiger partial charge < -0.3 is 59.8 Å². The second-order valence-electron chi connectivity index (χ2n) is 22.9. The van der Waals surface area contributed by atoms with Gasteiger partial charge in [0.05, 0.1) is 44.5 Å². The van der Waals surface area contributed by atoms with Crippen LogP contribution in [0.1, 0.15) is 157 Å². The van der Waals surface area contributed by atoms with Crippen molar-refractivity contribution >= 4 is 47.8 Å². The molecule has 20 heteroatoms. The summed E-state index contributed by atoms with van der Waals surface area (Å²) in [5.41, 5.74) is -1.98. The minimum absolute atomic E-state index is 0.0247. The van der Waals surface area contributed by atoms with Gasteiger partial charge in [-0.2, -0.15) is 0 Å². The maximum Gasteiger partial charge on any atom is 0.336 e. The van der Waals surface area contributed by atoms with E-state index in [4.69, 9.17) is 18.9 Å². The van der Waals surface area contributed by atoms with E-state index in [2.05, 4.69) is 0 Å². The van der Waals surface area contributed by atoms with Crippen molar-refractivity contribution < 1.29 is 98.2 Å². The van der Waals surface area contributed by atoms with Crippen molar-refractivity contribution in [1.29, 1.82) is 0 Å². The molecule has 0 spiro atoms. The third kappa shape index (κ3) is 10.4. The van der Waals surface area contributed by atoms with Crippen LogP contribution < -0.4 is 18.9 Å². The molecule has 84 heavy (non-hydrogen) atoms. The molecule has 8 aliphatic rings. The molecule has 0 radical (unpaired) electrons. The molecule has 0 amide bonds. The zero-order chi connectivity index (χ0) is 59.5. The van der Waals surface area contributed by atoms with E-state index in [-0.39, 0.29) is 115 Å². The lowest BCUT2D eigenvalue weighted by atomic mass is 9.47. The van der Waals surface area contributed by atoms with Crippen LogP contribution in [0.15, 0.2) is 133 Å². The van der Waals surface area contributed by atoms with Crippen LogP contribution in [0.5, 0.6) is 23.0 Å². The van der Waals surface area contributed by atoms with Gasteiger partial charge in [0.2, 0.25) is 0 Å². The molecular formula is C64H56O20. The summed E-state index contributed by atoms with van der Waals surface area (Å²) in [5.74, 6) is -9.22. The Kier molecular flexibility index (Phi) is 14.6. The van der Waals surface area contributed by atoms with Crippen LogP contribution in [-0.2, 0) is 0 Å². The average molecular weight is 1150 g/mol. The highest BCUT2D eigenvalue weighted by Gasteiger charge is 2.65. The van der Waals surface area contributed by atoms with E-state index in [9.17, 15) is 79.2 Å². The standard InChI is InChI=1S/2C32H28O10/c2*33-28(34)21-8-6-19(12-23(21)30(37)38)41-27-18-10-16-11-25(27)26(17-4-2-1-3-5-17)32(14-16,15-18)42-20-7-9-22(29(35)36)24(13-20)31(39)40/h2*1-9,12-13,16,18,25-27H,10-11,14-15H2,(H,33,34)(H,35,36)(H,37,38)(H,39,40). The van der Waals surface area contributed by atoms with Crippen molar-refractivity contribution in [2.75, 3.05) is 0 Å². The van der Waals surface area contributed by atoms with E-state index in [1.807, 2.05) is 60.7 Å². The predicted molar refractivity (Wildman–Crippen MR) is 293 cm³/mol. The van der Waals surface area contributed by atoms with Crippen molar-refractivity contribution in [2.45, 2.75) is 86.6 Å². The van der Waals surface area contributed by atoms with Gasteiger partial charge >= 0.3 is 47.8 Å². The molecule has 8 N–H and O–H groups in total. The zero-order valence-corrected chi connectivity index (χ0v) is 44.6. The summed E-state index contributed by atoms with van der Waals surface area (Å²) in [6.07, 6.45) is 5.55. The number of benzene rings is 6. The molecule has 8 saturated carbocycles. The number of ether oxygens (including phenoxy) is 4. The number of aromatic carboxylic acids is 8. The third-order valence-corrected chi connectivity index (χ3v) is 18.0. The van der Waals surface area contributed by atoms with Gasteiger partial charge in [-0.05, 0) is 147 Å². The molecule has 12 unspecified atom stereocenters. The van der Waals surface area contributed by atoms with Crippen LogP contribution in [-0.4, -0.2) is 112 Å². The largest absolute Gasteiger partial charge is 0.490 e. The lowest BCUT2D eigenvalue weighted by Gasteiger charge is -2.63. The number of rotatable bonds is 18. The highest BCUT2D eigenvalue weighted by Crippen LogP contribution is 2.65.